The molecule has 0 aliphatic carbocycles. The molecule has 7 heteroatoms. The quantitative estimate of drug-likeness (QED) is 0.901. The zero-order valence-corrected chi connectivity index (χ0v) is 13.2. The van der Waals surface area contributed by atoms with Gasteiger partial charge in [-0.1, -0.05) is 40.9 Å². The Hall–Kier alpha value is -0.780. The third kappa shape index (κ3) is 3.87. The summed E-state index contributed by atoms with van der Waals surface area (Å²) < 4.78 is 26.6. The summed E-state index contributed by atoms with van der Waals surface area (Å²) in [6, 6.07) is 10.8. The molecule has 106 valence electrons. The molecule has 0 bridgehead atoms. The van der Waals surface area contributed by atoms with Crippen molar-refractivity contribution in [3.05, 3.63) is 63.1 Å². The van der Waals surface area contributed by atoms with Crippen LogP contribution in [0.5, 0.6) is 0 Å². The average molecular weight is 351 g/mol. The molecule has 0 aliphatic rings. The number of rotatable bonds is 4. The molecule has 0 spiro atoms. The maximum absolute atomic E-state index is 12.1. The van der Waals surface area contributed by atoms with Crippen LogP contribution in [0.15, 0.2) is 47.4 Å². The van der Waals surface area contributed by atoms with Gasteiger partial charge in [-0.15, -0.1) is 0 Å². The van der Waals surface area contributed by atoms with Gasteiger partial charge in [-0.25, -0.2) is 13.1 Å². The van der Waals surface area contributed by atoms with Gasteiger partial charge in [0.15, 0.2) is 0 Å². The first kappa shape index (κ1) is 15.6. The van der Waals surface area contributed by atoms with Crippen LogP contribution in [-0.2, 0) is 16.6 Å². The Morgan fingerprint density at radius 2 is 1.50 bits per heavy atom. The number of hydrogen-bond acceptors (Lipinski definition) is 2. The molecule has 0 atom stereocenters. The molecule has 0 amide bonds. The van der Waals surface area contributed by atoms with E-state index >= 15 is 0 Å². The summed E-state index contributed by atoms with van der Waals surface area (Å²) in [6.45, 7) is 0.0843. The highest BCUT2D eigenvalue weighted by atomic mass is 35.5. The first-order valence-electron chi connectivity index (χ1n) is 5.58. The van der Waals surface area contributed by atoms with E-state index in [1.54, 1.807) is 18.2 Å². The normalized spacial score (nSPS) is 11.6. The van der Waals surface area contributed by atoms with Crippen molar-refractivity contribution in [2.24, 2.45) is 0 Å². The smallest absolute Gasteiger partial charge is 0.207 e. The van der Waals surface area contributed by atoms with Crippen molar-refractivity contribution in [3.63, 3.8) is 0 Å². The molecule has 0 fully saturated rings. The SMILES string of the molecule is O=S(=O)(NCc1ccc(Cl)cc1Cl)c1ccc(Cl)cc1. The predicted octanol–water partition coefficient (Wildman–Crippen LogP) is 4.13. The van der Waals surface area contributed by atoms with E-state index in [4.69, 9.17) is 34.8 Å². The summed E-state index contributed by atoms with van der Waals surface area (Å²) in [5, 5.41) is 1.39. The molecular weight excluding hydrogens is 341 g/mol. The molecule has 0 saturated heterocycles. The van der Waals surface area contributed by atoms with Crippen molar-refractivity contribution < 1.29 is 8.42 Å². The molecular formula is C13H10Cl3NO2S. The number of nitrogens with one attached hydrogen (secondary N) is 1. The summed E-state index contributed by atoms with van der Waals surface area (Å²) in [7, 11) is -3.60. The molecule has 2 aromatic rings. The lowest BCUT2D eigenvalue weighted by molar-refractivity contribution is 0.581. The van der Waals surface area contributed by atoms with Crippen LogP contribution in [0, 0.1) is 0 Å². The fourth-order valence-electron chi connectivity index (χ4n) is 1.53. The van der Waals surface area contributed by atoms with Gasteiger partial charge in [-0.2, -0.15) is 0 Å². The summed E-state index contributed by atoms with van der Waals surface area (Å²) in [6.07, 6.45) is 0. The van der Waals surface area contributed by atoms with E-state index in [2.05, 4.69) is 4.72 Å². The minimum Gasteiger partial charge on any atom is -0.207 e. The maximum Gasteiger partial charge on any atom is 0.240 e. The van der Waals surface area contributed by atoms with Gasteiger partial charge in [-0.05, 0) is 42.0 Å². The summed E-state index contributed by atoms with van der Waals surface area (Å²) >= 11 is 17.5. The van der Waals surface area contributed by atoms with E-state index in [1.165, 1.54) is 24.3 Å². The molecule has 2 rings (SSSR count). The number of sulfonamides is 1. The highest BCUT2D eigenvalue weighted by Gasteiger charge is 2.14. The molecule has 0 saturated carbocycles. The Bertz CT molecular complexity index is 715. The van der Waals surface area contributed by atoms with Gasteiger partial charge in [0.25, 0.3) is 0 Å². The standard InChI is InChI=1S/C13H10Cl3NO2S/c14-10-3-5-12(6-4-10)20(18,19)17-8-9-1-2-11(15)7-13(9)16/h1-7,17H,8H2. The van der Waals surface area contributed by atoms with Gasteiger partial charge in [0, 0.05) is 21.6 Å². The fraction of sp³-hybridized carbons (Fsp3) is 0.0769. The third-order valence-corrected chi connectivity index (χ3v) is 4.85. The number of halogens is 3. The Labute approximate surface area is 132 Å². The van der Waals surface area contributed by atoms with Crippen LogP contribution in [0.25, 0.3) is 0 Å². The minimum absolute atomic E-state index is 0.0843. The second kappa shape index (κ2) is 6.33. The van der Waals surface area contributed by atoms with Crippen LogP contribution in [0.3, 0.4) is 0 Å². The average Bonchev–Trinajstić information content (AvgIpc) is 2.38. The van der Waals surface area contributed by atoms with E-state index in [1.807, 2.05) is 0 Å². The highest BCUT2D eigenvalue weighted by Crippen LogP contribution is 2.21. The Morgan fingerprint density at radius 1 is 0.900 bits per heavy atom. The minimum atomic E-state index is -3.60. The van der Waals surface area contributed by atoms with Crippen molar-refractivity contribution >= 4 is 44.8 Å². The number of benzene rings is 2. The van der Waals surface area contributed by atoms with E-state index in [0.29, 0.717) is 20.6 Å². The van der Waals surface area contributed by atoms with Crippen LogP contribution in [0.1, 0.15) is 5.56 Å². The first-order chi connectivity index (χ1) is 9.38. The monoisotopic (exact) mass is 349 g/mol. The fourth-order valence-corrected chi connectivity index (χ4v) is 3.14. The Kier molecular flexibility index (Phi) is 4.94. The zero-order chi connectivity index (χ0) is 14.8. The summed E-state index contributed by atoms with van der Waals surface area (Å²) in [5.74, 6) is 0. The molecule has 0 aliphatic heterocycles. The summed E-state index contributed by atoms with van der Waals surface area (Å²) in [5.41, 5.74) is 0.647. The molecule has 1 N–H and O–H groups in total. The maximum atomic E-state index is 12.1. The molecule has 0 radical (unpaired) electrons. The molecule has 0 aromatic heterocycles. The van der Waals surface area contributed by atoms with Crippen LogP contribution in [0.4, 0.5) is 0 Å². The highest BCUT2D eigenvalue weighted by molar-refractivity contribution is 7.89. The Balaban J connectivity index is 2.15. The molecule has 20 heavy (non-hydrogen) atoms. The third-order valence-electron chi connectivity index (χ3n) is 2.59. The van der Waals surface area contributed by atoms with Crippen molar-refractivity contribution in [3.8, 4) is 0 Å². The summed E-state index contributed by atoms with van der Waals surface area (Å²) in [4.78, 5) is 0.145. The van der Waals surface area contributed by atoms with E-state index in [0.717, 1.165) is 0 Å². The van der Waals surface area contributed by atoms with Gasteiger partial charge < -0.3 is 0 Å². The lowest BCUT2D eigenvalue weighted by Crippen LogP contribution is -2.23. The number of hydrogen-bond donors (Lipinski definition) is 1. The molecule has 0 unspecified atom stereocenters. The molecule has 3 nitrogen and oxygen atoms in total. The van der Waals surface area contributed by atoms with Crippen LogP contribution in [0.2, 0.25) is 15.1 Å². The van der Waals surface area contributed by atoms with Crippen molar-refractivity contribution in [1.29, 1.82) is 0 Å². The van der Waals surface area contributed by atoms with E-state index in [9.17, 15) is 8.42 Å². The van der Waals surface area contributed by atoms with Crippen molar-refractivity contribution in [1.82, 2.24) is 4.72 Å². The van der Waals surface area contributed by atoms with Gasteiger partial charge in [0.05, 0.1) is 4.90 Å². The molecule has 0 heterocycles. The first-order valence-corrected chi connectivity index (χ1v) is 8.19. The topological polar surface area (TPSA) is 46.2 Å². The van der Waals surface area contributed by atoms with Crippen LogP contribution >= 0.6 is 34.8 Å². The van der Waals surface area contributed by atoms with E-state index in [-0.39, 0.29) is 11.4 Å². The van der Waals surface area contributed by atoms with Gasteiger partial charge >= 0.3 is 0 Å². The van der Waals surface area contributed by atoms with Gasteiger partial charge in [0.1, 0.15) is 0 Å². The van der Waals surface area contributed by atoms with Gasteiger partial charge in [0.2, 0.25) is 10.0 Å². The molecule has 2 aromatic carbocycles. The second-order valence-corrected chi connectivity index (χ2v) is 7.06. The predicted molar refractivity (Wildman–Crippen MR) is 81.9 cm³/mol. The van der Waals surface area contributed by atoms with E-state index < -0.39 is 10.0 Å². The Morgan fingerprint density at radius 3 is 2.10 bits per heavy atom. The van der Waals surface area contributed by atoms with Crippen molar-refractivity contribution in [2.75, 3.05) is 0 Å². The lowest BCUT2D eigenvalue weighted by atomic mass is 10.2. The van der Waals surface area contributed by atoms with Gasteiger partial charge in [-0.3, -0.25) is 0 Å². The second-order valence-electron chi connectivity index (χ2n) is 4.01. The van der Waals surface area contributed by atoms with Crippen molar-refractivity contribution in [2.45, 2.75) is 11.4 Å². The van der Waals surface area contributed by atoms with Crippen LogP contribution < -0.4 is 4.72 Å². The largest absolute Gasteiger partial charge is 0.240 e. The van der Waals surface area contributed by atoms with Crippen LogP contribution in [-0.4, -0.2) is 8.42 Å². The lowest BCUT2D eigenvalue weighted by Gasteiger charge is -2.08. The zero-order valence-electron chi connectivity index (χ0n) is 10.1.